The minimum Gasteiger partial charge on any atom is -0.378 e. The molecule has 0 bridgehead atoms. The number of nitrogens with one attached hydrogen (secondary N) is 1. The molecule has 1 aliphatic heterocycles. The maximum Gasteiger partial charge on any atom is 0.280 e. The van der Waals surface area contributed by atoms with Crippen LogP contribution in [0.5, 0.6) is 0 Å². The maximum absolute atomic E-state index is 13.7. The second kappa shape index (κ2) is 11.8. The van der Waals surface area contributed by atoms with Gasteiger partial charge in [0.05, 0.1) is 36.2 Å². The molecule has 204 valence electrons. The molecule has 0 aliphatic carbocycles. The molecular formula is C29H26ClN5O3S2. The van der Waals surface area contributed by atoms with Crippen LogP contribution in [0.2, 0.25) is 4.34 Å². The smallest absolute Gasteiger partial charge is 0.280 e. The standard InChI is InChI=1S/C29H26ClN5O3S2/c30-26-10-9-22(40-26)18-31-27-17-25(24-4-1-11-34(29(24)37)19-23-3-2-16-39-23)32-35(27)28(36)20-5-7-21(8-6-20)33-12-14-38-15-13-33/h1-11,16-17,31H,12-15,18-19H2. The van der Waals surface area contributed by atoms with Crippen molar-refractivity contribution in [3.8, 4) is 11.3 Å². The Balaban J connectivity index is 1.32. The molecule has 0 amide bonds. The third kappa shape index (κ3) is 5.75. The number of hydrogen-bond acceptors (Lipinski definition) is 8. The van der Waals surface area contributed by atoms with Gasteiger partial charge in [-0.3, -0.25) is 9.59 Å². The second-order valence-electron chi connectivity index (χ2n) is 9.27. The molecule has 0 atom stereocenters. The van der Waals surface area contributed by atoms with Crippen molar-refractivity contribution in [3.63, 3.8) is 0 Å². The van der Waals surface area contributed by atoms with Gasteiger partial charge in [-0.15, -0.1) is 22.7 Å². The van der Waals surface area contributed by atoms with Gasteiger partial charge < -0.3 is 19.5 Å². The Kier molecular flexibility index (Phi) is 7.83. The lowest BCUT2D eigenvalue weighted by Crippen LogP contribution is -2.36. The zero-order valence-electron chi connectivity index (χ0n) is 21.5. The monoisotopic (exact) mass is 591 g/mol. The van der Waals surface area contributed by atoms with E-state index in [4.69, 9.17) is 16.3 Å². The number of benzene rings is 1. The zero-order chi connectivity index (χ0) is 27.5. The summed E-state index contributed by atoms with van der Waals surface area (Å²) < 4.78 is 9.14. The summed E-state index contributed by atoms with van der Waals surface area (Å²) in [5, 5.41) is 9.94. The second-order valence-corrected chi connectivity index (χ2v) is 12.1. The highest BCUT2D eigenvalue weighted by Crippen LogP contribution is 2.25. The van der Waals surface area contributed by atoms with E-state index in [1.165, 1.54) is 16.0 Å². The lowest BCUT2D eigenvalue weighted by molar-refractivity contribution is 0.0948. The SMILES string of the molecule is O=C(c1ccc(N2CCOCC2)cc1)n1nc(-c2cccn(Cc3cccs3)c2=O)cc1NCc1ccc(Cl)s1. The number of ether oxygens (including phenoxy) is 1. The highest BCUT2D eigenvalue weighted by molar-refractivity contribution is 7.16. The summed E-state index contributed by atoms with van der Waals surface area (Å²) in [7, 11) is 0. The molecule has 1 aromatic carbocycles. The molecule has 1 fully saturated rings. The normalized spacial score (nSPS) is 13.5. The topological polar surface area (TPSA) is 81.4 Å². The number of thiophene rings is 2. The number of aromatic nitrogens is 3. The van der Waals surface area contributed by atoms with Crippen molar-refractivity contribution in [3.05, 3.63) is 108 Å². The number of rotatable bonds is 8. The molecule has 8 nitrogen and oxygen atoms in total. The van der Waals surface area contributed by atoms with Gasteiger partial charge >= 0.3 is 0 Å². The lowest BCUT2D eigenvalue weighted by atomic mass is 10.1. The highest BCUT2D eigenvalue weighted by Gasteiger charge is 2.20. The molecule has 5 aromatic rings. The summed E-state index contributed by atoms with van der Waals surface area (Å²) >= 11 is 9.18. The van der Waals surface area contributed by atoms with Crippen LogP contribution in [0.15, 0.2) is 83.1 Å². The molecule has 4 aromatic heterocycles. The number of halogens is 1. The van der Waals surface area contributed by atoms with Crippen molar-refractivity contribution in [2.24, 2.45) is 0 Å². The number of hydrogen-bond donors (Lipinski definition) is 1. The van der Waals surface area contributed by atoms with Crippen LogP contribution in [0.1, 0.15) is 20.1 Å². The summed E-state index contributed by atoms with van der Waals surface area (Å²) in [5.41, 5.74) is 2.23. The highest BCUT2D eigenvalue weighted by atomic mass is 35.5. The lowest BCUT2D eigenvalue weighted by Gasteiger charge is -2.28. The fraction of sp³-hybridized carbons (Fsp3) is 0.207. The first-order valence-electron chi connectivity index (χ1n) is 12.8. The van der Waals surface area contributed by atoms with E-state index in [2.05, 4.69) is 15.3 Å². The fourth-order valence-electron chi connectivity index (χ4n) is 4.60. The van der Waals surface area contributed by atoms with Crippen molar-refractivity contribution in [1.29, 1.82) is 0 Å². The van der Waals surface area contributed by atoms with E-state index < -0.39 is 0 Å². The minimum absolute atomic E-state index is 0.167. The number of anilines is 2. The third-order valence-corrected chi connectivity index (χ3v) is 8.76. The Bertz CT molecular complexity index is 1670. The Morgan fingerprint density at radius 3 is 2.58 bits per heavy atom. The van der Waals surface area contributed by atoms with E-state index in [1.54, 1.807) is 34.2 Å². The molecule has 1 N–H and O–H groups in total. The van der Waals surface area contributed by atoms with Crippen LogP contribution in [-0.4, -0.2) is 46.6 Å². The van der Waals surface area contributed by atoms with E-state index in [-0.39, 0.29) is 11.5 Å². The molecule has 6 rings (SSSR count). The average Bonchev–Trinajstić information content (AvgIpc) is 3.75. The van der Waals surface area contributed by atoms with Gasteiger partial charge in [-0.1, -0.05) is 17.7 Å². The predicted octanol–water partition coefficient (Wildman–Crippen LogP) is 5.67. The van der Waals surface area contributed by atoms with Crippen molar-refractivity contribution in [1.82, 2.24) is 14.3 Å². The number of pyridine rings is 1. The average molecular weight is 592 g/mol. The van der Waals surface area contributed by atoms with E-state index in [0.29, 0.717) is 53.3 Å². The Labute approximate surface area is 244 Å². The number of nitrogens with zero attached hydrogens (tertiary/aromatic N) is 4. The van der Waals surface area contributed by atoms with Gasteiger partial charge in [-0.2, -0.15) is 9.78 Å². The van der Waals surface area contributed by atoms with E-state index >= 15 is 0 Å². The van der Waals surface area contributed by atoms with Crippen molar-refractivity contribution in [2.45, 2.75) is 13.1 Å². The molecule has 0 unspecified atom stereocenters. The quantitative estimate of drug-likeness (QED) is 0.250. The van der Waals surface area contributed by atoms with E-state index in [1.807, 2.05) is 60.0 Å². The summed E-state index contributed by atoms with van der Waals surface area (Å²) in [5.74, 6) is 0.205. The number of carbonyl (C=O) groups is 1. The van der Waals surface area contributed by atoms with Crippen LogP contribution in [0.4, 0.5) is 11.5 Å². The number of carbonyl (C=O) groups excluding carboxylic acids is 1. The third-order valence-electron chi connectivity index (χ3n) is 6.67. The largest absolute Gasteiger partial charge is 0.378 e. The van der Waals surface area contributed by atoms with Crippen LogP contribution in [0, 0.1) is 0 Å². The van der Waals surface area contributed by atoms with Crippen LogP contribution in [0.25, 0.3) is 11.3 Å². The van der Waals surface area contributed by atoms with Gasteiger partial charge in [-0.25, -0.2) is 0 Å². The van der Waals surface area contributed by atoms with Gasteiger partial charge in [0.2, 0.25) is 0 Å². The van der Waals surface area contributed by atoms with Crippen LogP contribution in [0.3, 0.4) is 0 Å². The summed E-state index contributed by atoms with van der Waals surface area (Å²) in [6.45, 7) is 3.95. The summed E-state index contributed by atoms with van der Waals surface area (Å²) in [6, 6.07) is 20.6. The summed E-state index contributed by atoms with van der Waals surface area (Å²) in [6.07, 6.45) is 1.77. The van der Waals surface area contributed by atoms with E-state index in [0.717, 1.165) is 28.5 Å². The molecule has 0 radical (unpaired) electrons. The number of morpholine rings is 1. The van der Waals surface area contributed by atoms with Crippen molar-refractivity contribution in [2.75, 3.05) is 36.5 Å². The van der Waals surface area contributed by atoms with Crippen LogP contribution < -0.4 is 15.8 Å². The molecule has 0 saturated carbocycles. The molecule has 1 saturated heterocycles. The first kappa shape index (κ1) is 26.5. The first-order valence-corrected chi connectivity index (χ1v) is 14.9. The maximum atomic E-state index is 13.7. The van der Waals surface area contributed by atoms with Gasteiger partial charge in [0.1, 0.15) is 11.5 Å². The first-order chi connectivity index (χ1) is 19.5. The molecule has 11 heteroatoms. The molecule has 40 heavy (non-hydrogen) atoms. The summed E-state index contributed by atoms with van der Waals surface area (Å²) in [4.78, 5) is 31.4. The van der Waals surface area contributed by atoms with Gasteiger partial charge in [0, 0.05) is 46.4 Å². The van der Waals surface area contributed by atoms with E-state index in [9.17, 15) is 9.59 Å². The predicted molar refractivity (Wildman–Crippen MR) is 161 cm³/mol. The van der Waals surface area contributed by atoms with Crippen molar-refractivity contribution < 1.29 is 9.53 Å². The van der Waals surface area contributed by atoms with Gasteiger partial charge in [-0.05, 0) is 60.0 Å². The zero-order valence-corrected chi connectivity index (χ0v) is 23.8. The minimum atomic E-state index is -0.290. The fourth-order valence-corrected chi connectivity index (χ4v) is 6.33. The van der Waals surface area contributed by atoms with Gasteiger partial charge in [0.25, 0.3) is 11.5 Å². The van der Waals surface area contributed by atoms with Crippen LogP contribution >= 0.6 is 34.3 Å². The molecule has 0 spiro atoms. The molecule has 1 aliphatic rings. The molecule has 5 heterocycles. The van der Waals surface area contributed by atoms with Crippen LogP contribution in [-0.2, 0) is 17.8 Å². The molecular weight excluding hydrogens is 566 g/mol. The Morgan fingerprint density at radius 1 is 1.02 bits per heavy atom. The Hall–Kier alpha value is -3.70. The Morgan fingerprint density at radius 2 is 1.85 bits per heavy atom. The van der Waals surface area contributed by atoms with Crippen molar-refractivity contribution >= 4 is 51.7 Å². The van der Waals surface area contributed by atoms with Gasteiger partial charge in [0.15, 0.2) is 0 Å².